The number of rotatable bonds is 1. The van der Waals surface area contributed by atoms with Gasteiger partial charge in [0.15, 0.2) is 0 Å². The average molecular weight is 318 g/mol. The lowest BCUT2D eigenvalue weighted by molar-refractivity contribution is 0.595. The van der Waals surface area contributed by atoms with E-state index in [1.807, 2.05) is 28.2 Å². The van der Waals surface area contributed by atoms with Gasteiger partial charge in [-0.3, -0.25) is 0 Å². The first kappa shape index (κ1) is 13.0. The number of nitrogens with zero attached hydrogens (tertiary/aromatic N) is 1. The number of fused-ring (bicyclic) bond motifs is 6. The highest BCUT2D eigenvalue weighted by Gasteiger charge is 2.18. The summed E-state index contributed by atoms with van der Waals surface area (Å²) in [6.45, 7) is 0. The third kappa shape index (κ3) is 1.70. The van der Waals surface area contributed by atoms with Gasteiger partial charge in [-0.2, -0.15) is 3.97 Å². The number of hydrogen-bond donors (Lipinski definition) is 1. The molecule has 3 nitrogen and oxygen atoms in total. The summed E-state index contributed by atoms with van der Waals surface area (Å²) in [5.74, 6) is 0. The molecule has 0 aliphatic heterocycles. The van der Waals surface area contributed by atoms with E-state index >= 15 is 0 Å². The van der Waals surface area contributed by atoms with Crippen molar-refractivity contribution in [1.82, 2.24) is 8.96 Å². The largest absolute Gasteiger partial charge is 0.593 e. The summed E-state index contributed by atoms with van der Waals surface area (Å²) in [6.07, 6.45) is 1.72. The molecule has 4 heteroatoms. The highest BCUT2D eigenvalue weighted by atomic mass is 32.2. The molecule has 0 radical (unpaired) electrons. The zero-order valence-corrected chi connectivity index (χ0v) is 13.4. The molecule has 0 spiro atoms. The van der Waals surface area contributed by atoms with Crippen molar-refractivity contribution in [1.29, 1.82) is 0 Å². The molecule has 5 rings (SSSR count). The minimum Gasteiger partial charge on any atom is -0.593 e. The third-order valence-electron chi connectivity index (χ3n) is 4.51. The molecule has 1 N–H and O–H groups in total. The summed E-state index contributed by atoms with van der Waals surface area (Å²) in [5.41, 5.74) is 4.23. The second-order valence-electron chi connectivity index (χ2n) is 5.82. The third-order valence-corrected chi connectivity index (χ3v) is 5.42. The molecule has 0 aliphatic rings. The summed E-state index contributed by atoms with van der Waals surface area (Å²) >= 11 is -1.10. The van der Waals surface area contributed by atoms with Crippen LogP contribution in [-0.4, -0.2) is 19.8 Å². The van der Waals surface area contributed by atoms with Gasteiger partial charge in [-0.05, 0) is 24.3 Å². The van der Waals surface area contributed by atoms with Crippen LogP contribution in [0.1, 0.15) is 0 Å². The fraction of sp³-hybridized carbons (Fsp3) is 0.0526. The van der Waals surface area contributed by atoms with Crippen LogP contribution in [0.3, 0.4) is 0 Å². The molecule has 0 aliphatic carbocycles. The number of para-hydroxylation sites is 2. The van der Waals surface area contributed by atoms with Gasteiger partial charge in [0.2, 0.25) is 0 Å². The fourth-order valence-corrected chi connectivity index (χ4v) is 4.42. The molecule has 0 bridgehead atoms. The van der Waals surface area contributed by atoms with Crippen LogP contribution in [0.15, 0.2) is 60.7 Å². The second kappa shape index (κ2) is 4.54. The molecule has 112 valence electrons. The van der Waals surface area contributed by atoms with Gasteiger partial charge in [-0.15, -0.1) is 0 Å². The van der Waals surface area contributed by atoms with Crippen molar-refractivity contribution in [2.75, 3.05) is 6.26 Å². The molecule has 0 fully saturated rings. The molecule has 23 heavy (non-hydrogen) atoms. The highest BCUT2D eigenvalue weighted by molar-refractivity contribution is 7.89. The molecular formula is C19H14N2OS. The maximum absolute atomic E-state index is 12.3. The second-order valence-corrected chi connectivity index (χ2v) is 7.03. The molecule has 0 saturated carbocycles. The summed E-state index contributed by atoms with van der Waals surface area (Å²) in [6, 6.07) is 20.8. The van der Waals surface area contributed by atoms with E-state index in [0.29, 0.717) is 0 Å². The number of hydrogen-bond acceptors (Lipinski definition) is 1. The Morgan fingerprint density at radius 3 is 2.35 bits per heavy atom. The predicted octanol–water partition coefficient (Wildman–Crippen LogP) is 4.57. The first-order valence-electron chi connectivity index (χ1n) is 7.51. The van der Waals surface area contributed by atoms with Crippen LogP contribution in [0.2, 0.25) is 0 Å². The van der Waals surface area contributed by atoms with E-state index in [1.54, 1.807) is 6.26 Å². The van der Waals surface area contributed by atoms with E-state index in [4.69, 9.17) is 0 Å². The lowest BCUT2D eigenvalue weighted by Gasteiger charge is -2.07. The Bertz CT molecular complexity index is 1200. The van der Waals surface area contributed by atoms with Gasteiger partial charge in [0.05, 0.1) is 16.9 Å². The predicted molar refractivity (Wildman–Crippen MR) is 98.3 cm³/mol. The molecule has 0 saturated heterocycles. The van der Waals surface area contributed by atoms with Gasteiger partial charge in [0.1, 0.15) is 11.8 Å². The average Bonchev–Trinajstić information content (AvgIpc) is 3.07. The molecule has 2 aromatic heterocycles. The van der Waals surface area contributed by atoms with Gasteiger partial charge < -0.3 is 9.54 Å². The van der Waals surface area contributed by atoms with Crippen molar-refractivity contribution in [2.24, 2.45) is 0 Å². The number of aromatic nitrogens is 2. The number of benzene rings is 3. The maximum Gasteiger partial charge on any atom is 0.121 e. The van der Waals surface area contributed by atoms with Gasteiger partial charge in [0, 0.05) is 32.6 Å². The summed E-state index contributed by atoms with van der Waals surface area (Å²) in [7, 11) is 0. The van der Waals surface area contributed by atoms with Gasteiger partial charge >= 0.3 is 0 Å². The molecule has 1 atom stereocenters. The molecule has 5 aromatic rings. The van der Waals surface area contributed by atoms with E-state index in [0.717, 1.165) is 32.8 Å². The first-order valence-corrected chi connectivity index (χ1v) is 9.03. The lowest BCUT2D eigenvalue weighted by Crippen LogP contribution is -2.09. The van der Waals surface area contributed by atoms with Gasteiger partial charge in [-0.1, -0.05) is 36.4 Å². The lowest BCUT2D eigenvalue weighted by atomic mass is 10.1. The maximum atomic E-state index is 12.3. The van der Waals surface area contributed by atoms with Crippen molar-refractivity contribution < 1.29 is 4.55 Å². The Balaban J connectivity index is 2.05. The van der Waals surface area contributed by atoms with Crippen LogP contribution in [0.4, 0.5) is 0 Å². The Labute approximate surface area is 135 Å². The zero-order valence-electron chi connectivity index (χ0n) is 12.5. The minimum absolute atomic E-state index is 1.01. The summed E-state index contributed by atoms with van der Waals surface area (Å²) in [4.78, 5) is 3.47. The Kier molecular flexibility index (Phi) is 2.57. The first-order chi connectivity index (χ1) is 11.2. The standard InChI is InChI=1S/C19H14N2OS/c1-23(22)21-18-9-5-3-7-13(18)15-10-14-12-6-2-4-8-16(12)20-17(14)11-19(15)21/h2-11,20H,1H3. The quantitative estimate of drug-likeness (QED) is 0.452. The van der Waals surface area contributed by atoms with Crippen molar-refractivity contribution in [3.8, 4) is 0 Å². The van der Waals surface area contributed by atoms with Crippen LogP contribution >= 0.6 is 0 Å². The Morgan fingerprint density at radius 1 is 0.783 bits per heavy atom. The normalized spacial score (nSPS) is 13.5. The minimum atomic E-state index is -1.10. The van der Waals surface area contributed by atoms with Crippen LogP contribution in [0.25, 0.3) is 43.6 Å². The molecule has 2 heterocycles. The monoisotopic (exact) mass is 318 g/mol. The zero-order chi connectivity index (χ0) is 15.6. The van der Waals surface area contributed by atoms with E-state index < -0.39 is 11.4 Å². The Morgan fingerprint density at radius 2 is 1.52 bits per heavy atom. The van der Waals surface area contributed by atoms with Crippen LogP contribution in [0.5, 0.6) is 0 Å². The molecular weight excluding hydrogens is 304 g/mol. The number of nitrogens with one attached hydrogen (secondary N) is 1. The van der Waals surface area contributed by atoms with E-state index in [2.05, 4.69) is 41.4 Å². The highest BCUT2D eigenvalue weighted by Crippen LogP contribution is 2.35. The summed E-state index contributed by atoms with van der Waals surface area (Å²) < 4.78 is 14.2. The molecule has 1 unspecified atom stereocenters. The van der Waals surface area contributed by atoms with Crippen molar-refractivity contribution in [3.05, 3.63) is 60.7 Å². The van der Waals surface area contributed by atoms with Crippen molar-refractivity contribution in [3.63, 3.8) is 0 Å². The smallest absolute Gasteiger partial charge is 0.121 e. The summed E-state index contributed by atoms with van der Waals surface area (Å²) in [5, 5.41) is 4.72. The number of aromatic amines is 1. The fourth-order valence-electron chi connectivity index (χ4n) is 3.56. The van der Waals surface area contributed by atoms with Crippen molar-refractivity contribution >= 4 is 55.0 Å². The van der Waals surface area contributed by atoms with Gasteiger partial charge in [-0.25, -0.2) is 0 Å². The van der Waals surface area contributed by atoms with E-state index in [9.17, 15) is 4.55 Å². The molecule has 0 amide bonds. The van der Waals surface area contributed by atoms with E-state index in [1.165, 1.54) is 10.8 Å². The van der Waals surface area contributed by atoms with Gasteiger partial charge in [0.25, 0.3) is 0 Å². The van der Waals surface area contributed by atoms with E-state index in [-0.39, 0.29) is 0 Å². The topological polar surface area (TPSA) is 43.8 Å². The van der Waals surface area contributed by atoms with Crippen LogP contribution < -0.4 is 0 Å². The van der Waals surface area contributed by atoms with Crippen LogP contribution in [-0.2, 0) is 11.4 Å². The SMILES string of the molecule is C[S+]([O-])n1c2ccccc2c2cc3c(cc21)[nH]c1ccccc13. The number of H-pyrrole nitrogens is 1. The van der Waals surface area contributed by atoms with Crippen LogP contribution in [0, 0.1) is 0 Å². The molecule has 3 aromatic carbocycles. The van der Waals surface area contributed by atoms with Crippen molar-refractivity contribution in [2.45, 2.75) is 0 Å². The Hall–Kier alpha value is -2.43.